The quantitative estimate of drug-likeness (QED) is 0.698. The van der Waals surface area contributed by atoms with Gasteiger partial charge in [0.2, 0.25) is 5.91 Å². The van der Waals surface area contributed by atoms with Gasteiger partial charge in [-0.15, -0.1) is 0 Å². The summed E-state index contributed by atoms with van der Waals surface area (Å²) in [7, 11) is 1.57. The van der Waals surface area contributed by atoms with Crippen molar-refractivity contribution < 1.29 is 9.90 Å². The molecule has 7 nitrogen and oxygen atoms in total. The third-order valence-corrected chi connectivity index (χ3v) is 3.28. The maximum absolute atomic E-state index is 11.6. The fraction of sp³-hybridized carbons (Fsp3) is 0.750. The molecule has 19 heavy (non-hydrogen) atoms. The van der Waals surface area contributed by atoms with Crippen LogP contribution in [0.15, 0.2) is 11.1 Å². The van der Waals surface area contributed by atoms with Crippen LogP contribution in [0, 0.1) is 5.92 Å². The number of aromatic nitrogens is 3. The van der Waals surface area contributed by atoms with E-state index in [2.05, 4.69) is 10.4 Å². The van der Waals surface area contributed by atoms with Crippen LogP contribution in [-0.4, -0.2) is 38.0 Å². The van der Waals surface area contributed by atoms with Crippen molar-refractivity contribution in [2.75, 3.05) is 6.54 Å². The first-order valence-electron chi connectivity index (χ1n) is 6.52. The molecule has 0 aliphatic carbocycles. The summed E-state index contributed by atoms with van der Waals surface area (Å²) in [5, 5.41) is 16.3. The van der Waals surface area contributed by atoms with Crippen LogP contribution in [0.5, 0.6) is 0 Å². The molecule has 0 aliphatic heterocycles. The molecule has 0 spiro atoms. The van der Waals surface area contributed by atoms with Gasteiger partial charge in [0.25, 0.3) is 0 Å². The third kappa shape index (κ3) is 4.20. The minimum Gasteiger partial charge on any atom is -0.391 e. The minimum atomic E-state index is -0.556. The van der Waals surface area contributed by atoms with Crippen molar-refractivity contribution in [3.8, 4) is 0 Å². The van der Waals surface area contributed by atoms with Crippen LogP contribution >= 0.6 is 0 Å². The summed E-state index contributed by atoms with van der Waals surface area (Å²) in [6, 6.07) is 0. The zero-order valence-electron chi connectivity index (χ0n) is 11.7. The molecule has 1 atom stereocenters. The number of hydrogen-bond donors (Lipinski definition) is 2. The summed E-state index contributed by atoms with van der Waals surface area (Å²) in [6.45, 7) is 4.08. The molecule has 0 radical (unpaired) electrons. The second-order valence-corrected chi connectivity index (χ2v) is 4.63. The van der Waals surface area contributed by atoms with E-state index >= 15 is 0 Å². The molecular formula is C12H22N4O3. The van der Waals surface area contributed by atoms with Crippen LogP contribution < -0.4 is 11.0 Å². The van der Waals surface area contributed by atoms with Gasteiger partial charge in [0.1, 0.15) is 12.9 Å². The number of aliphatic hydroxyl groups is 1. The van der Waals surface area contributed by atoms with Gasteiger partial charge < -0.3 is 10.4 Å². The largest absolute Gasteiger partial charge is 0.391 e. The molecule has 0 aliphatic rings. The van der Waals surface area contributed by atoms with Crippen LogP contribution in [0.25, 0.3) is 0 Å². The topological polar surface area (TPSA) is 89.2 Å². The Morgan fingerprint density at radius 1 is 1.47 bits per heavy atom. The molecule has 1 aromatic heterocycles. The van der Waals surface area contributed by atoms with Crippen LogP contribution in [0.2, 0.25) is 0 Å². The number of rotatable bonds is 7. The minimum absolute atomic E-state index is 0.130. The molecule has 0 saturated carbocycles. The Hall–Kier alpha value is -1.63. The SMILES string of the molecule is CCC(CC)C(O)CNC(=O)Cn1ncn(C)c1=O. The highest BCUT2D eigenvalue weighted by Gasteiger charge is 2.16. The number of carbonyl (C=O) groups is 1. The molecule has 1 heterocycles. The summed E-state index contributed by atoms with van der Waals surface area (Å²) < 4.78 is 2.38. The van der Waals surface area contributed by atoms with Crippen molar-refractivity contribution in [2.24, 2.45) is 13.0 Å². The maximum atomic E-state index is 11.6. The van der Waals surface area contributed by atoms with E-state index in [1.54, 1.807) is 7.05 Å². The molecule has 1 amide bonds. The standard InChI is InChI=1S/C12H22N4O3/c1-4-9(5-2)10(17)6-13-11(18)7-16-12(19)15(3)8-14-16/h8-10,17H,4-7H2,1-3H3,(H,13,18). The summed E-state index contributed by atoms with van der Waals surface area (Å²) in [6.07, 6.45) is 2.54. The molecule has 1 unspecified atom stereocenters. The first-order chi connectivity index (χ1) is 8.99. The highest BCUT2D eigenvalue weighted by atomic mass is 16.3. The monoisotopic (exact) mass is 270 g/mol. The molecule has 108 valence electrons. The highest BCUT2D eigenvalue weighted by Crippen LogP contribution is 2.11. The van der Waals surface area contributed by atoms with Crippen molar-refractivity contribution in [1.29, 1.82) is 0 Å². The van der Waals surface area contributed by atoms with Crippen molar-refractivity contribution in [3.63, 3.8) is 0 Å². The predicted molar refractivity (Wildman–Crippen MR) is 70.6 cm³/mol. The van der Waals surface area contributed by atoms with Gasteiger partial charge in [0.15, 0.2) is 0 Å². The number of nitrogens with zero attached hydrogens (tertiary/aromatic N) is 3. The summed E-state index contributed by atoms with van der Waals surface area (Å²) in [4.78, 5) is 23.1. The van der Waals surface area contributed by atoms with Gasteiger partial charge in [-0.1, -0.05) is 26.7 Å². The second-order valence-electron chi connectivity index (χ2n) is 4.63. The molecule has 1 aromatic rings. The molecule has 1 rings (SSSR count). The van der Waals surface area contributed by atoms with E-state index in [1.165, 1.54) is 10.9 Å². The first-order valence-corrected chi connectivity index (χ1v) is 6.52. The van der Waals surface area contributed by atoms with Gasteiger partial charge >= 0.3 is 5.69 Å². The fourth-order valence-corrected chi connectivity index (χ4v) is 1.94. The lowest BCUT2D eigenvalue weighted by Gasteiger charge is -2.20. The Morgan fingerprint density at radius 2 is 2.11 bits per heavy atom. The Morgan fingerprint density at radius 3 is 2.58 bits per heavy atom. The lowest BCUT2D eigenvalue weighted by Crippen LogP contribution is -2.39. The average molecular weight is 270 g/mol. The highest BCUT2D eigenvalue weighted by molar-refractivity contribution is 5.75. The zero-order valence-corrected chi connectivity index (χ0v) is 11.7. The van der Waals surface area contributed by atoms with Crippen LogP contribution in [-0.2, 0) is 18.4 Å². The van der Waals surface area contributed by atoms with Crippen molar-refractivity contribution in [3.05, 3.63) is 16.8 Å². The van der Waals surface area contributed by atoms with Crippen LogP contribution in [0.3, 0.4) is 0 Å². The molecular weight excluding hydrogens is 248 g/mol. The molecule has 0 aromatic carbocycles. The van der Waals surface area contributed by atoms with Crippen LogP contribution in [0.4, 0.5) is 0 Å². The normalized spacial score (nSPS) is 12.7. The van der Waals surface area contributed by atoms with Gasteiger partial charge in [0, 0.05) is 13.6 Å². The smallest absolute Gasteiger partial charge is 0.345 e. The average Bonchev–Trinajstić information content (AvgIpc) is 2.70. The van der Waals surface area contributed by atoms with Gasteiger partial charge in [0.05, 0.1) is 6.10 Å². The van der Waals surface area contributed by atoms with E-state index in [0.717, 1.165) is 17.5 Å². The Labute approximate surface area is 112 Å². The maximum Gasteiger partial charge on any atom is 0.345 e. The van der Waals surface area contributed by atoms with E-state index in [1.807, 2.05) is 13.8 Å². The molecule has 0 bridgehead atoms. The molecule has 2 N–H and O–H groups in total. The first kappa shape index (κ1) is 15.4. The van der Waals surface area contributed by atoms with E-state index in [9.17, 15) is 14.7 Å². The number of amides is 1. The second kappa shape index (κ2) is 7.08. The van der Waals surface area contributed by atoms with Gasteiger partial charge in [-0.25, -0.2) is 9.48 Å². The van der Waals surface area contributed by atoms with Crippen molar-refractivity contribution >= 4 is 5.91 Å². The third-order valence-electron chi connectivity index (χ3n) is 3.28. The van der Waals surface area contributed by atoms with Gasteiger partial charge in [-0.3, -0.25) is 9.36 Å². The Balaban J connectivity index is 2.44. The molecule has 0 fully saturated rings. The summed E-state index contributed by atoms with van der Waals surface area (Å²) >= 11 is 0. The number of hydrogen-bond acceptors (Lipinski definition) is 4. The number of nitrogens with one attached hydrogen (secondary N) is 1. The van der Waals surface area contributed by atoms with E-state index in [-0.39, 0.29) is 30.6 Å². The van der Waals surface area contributed by atoms with E-state index in [0.29, 0.717) is 0 Å². The molecule has 0 saturated heterocycles. The number of carbonyl (C=O) groups excluding carboxylic acids is 1. The number of aryl methyl sites for hydroxylation is 1. The van der Waals surface area contributed by atoms with Crippen LogP contribution in [0.1, 0.15) is 26.7 Å². The zero-order chi connectivity index (χ0) is 14.4. The van der Waals surface area contributed by atoms with Crippen molar-refractivity contribution in [1.82, 2.24) is 19.7 Å². The lowest BCUT2D eigenvalue weighted by molar-refractivity contribution is -0.122. The van der Waals surface area contributed by atoms with Gasteiger partial charge in [-0.2, -0.15) is 5.10 Å². The Bertz CT molecular complexity index is 462. The predicted octanol–water partition coefficient (Wildman–Crippen LogP) is -0.505. The van der Waals surface area contributed by atoms with E-state index in [4.69, 9.17) is 0 Å². The van der Waals surface area contributed by atoms with Gasteiger partial charge in [-0.05, 0) is 5.92 Å². The fourth-order valence-electron chi connectivity index (χ4n) is 1.94. The van der Waals surface area contributed by atoms with E-state index < -0.39 is 6.10 Å². The summed E-state index contributed by atoms with van der Waals surface area (Å²) in [5.74, 6) is -0.149. The summed E-state index contributed by atoms with van der Waals surface area (Å²) in [5.41, 5.74) is -0.337. The van der Waals surface area contributed by atoms with Crippen molar-refractivity contribution in [2.45, 2.75) is 39.3 Å². The molecule has 7 heteroatoms. The Kier molecular flexibility index (Phi) is 5.75. The lowest BCUT2D eigenvalue weighted by atomic mass is 9.96. The number of aliphatic hydroxyl groups excluding tert-OH is 1.